The Balaban J connectivity index is 2.36. The minimum absolute atomic E-state index is 0.0903. The summed E-state index contributed by atoms with van der Waals surface area (Å²) in [6, 6.07) is 0.325. The molecule has 1 atom stereocenters. The lowest BCUT2D eigenvalue weighted by atomic mass is 10.3. The maximum absolute atomic E-state index is 11.4. The summed E-state index contributed by atoms with van der Waals surface area (Å²) < 4.78 is 0. The van der Waals surface area contributed by atoms with Crippen LogP contribution in [-0.4, -0.2) is 47.7 Å². The molecule has 0 spiro atoms. The molecule has 0 aromatic carbocycles. The average Bonchev–Trinajstić information content (AvgIpc) is 2.66. The topological polar surface area (TPSA) is 61.0 Å². The third-order valence-corrected chi connectivity index (χ3v) is 2.20. The molecular weight excluding hydrogens is 180 g/mol. The largest absolute Gasteiger partial charge is 0.350 e. The highest BCUT2D eigenvalue weighted by molar-refractivity contribution is 5.93. The van der Waals surface area contributed by atoms with E-state index in [1.807, 2.05) is 14.1 Å². The lowest BCUT2D eigenvalue weighted by Crippen LogP contribution is -2.38. The van der Waals surface area contributed by atoms with Crippen molar-refractivity contribution in [1.82, 2.24) is 20.4 Å². The zero-order chi connectivity index (χ0) is 10.6. The van der Waals surface area contributed by atoms with Crippen molar-refractivity contribution in [2.24, 2.45) is 0 Å². The maximum atomic E-state index is 11.4. The van der Waals surface area contributed by atoms with Crippen molar-refractivity contribution >= 4 is 5.91 Å². The molecule has 0 bridgehead atoms. The van der Waals surface area contributed by atoms with Gasteiger partial charge in [0.05, 0.1) is 11.8 Å². The molecule has 0 aliphatic carbocycles. The molecule has 78 valence electrons. The van der Waals surface area contributed by atoms with E-state index in [-0.39, 0.29) is 5.91 Å². The van der Waals surface area contributed by atoms with Crippen LogP contribution in [0.3, 0.4) is 0 Å². The summed E-state index contributed by atoms with van der Waals surface area (Å²) in [6.45, 7) is 2.69. The van der Waals surface area contributed by atoms with Crippen LogP contribution in [0.15, 0.2) is 12.4 Å². The standard InChI is InChI=1S/C9H16N4O/c1-7(13(2)3)4-10-9(14)8-5-11-12-6-8/h5-7H,4H2,1-3H3,(H,10,14)(H,11,12). The fourth-order valence-electron chi connectivity index (χ4n) is 0.900. The minimum Gasteiger partial charge on any atom is -0.350 e. The first kappa shape index (κ1) is 10.7. The van der Waals surface area contributed by atoms with Crippen LogP contribution in [0.2, 0.25) is 0 Å². The smallest absolute Gasteiger partial charge is 0.254 e. The predicted octanol–water partition coefficient (Wildman–Crippen LogP) is 0.0896. The second-order valence-electron chi connectivity index (χ2n) is 3.51. The maximum Gasteiger partial charge on any atom is 0.254 e. The average molecular weight is 196 g/mol. The summed E-state index contributed by atoms with van der Waals surface area (Å²) in [4.78, 5) is 13.5. The third kappa shape index (κ3) is 2.85. The quantitative estimate of drug-likeness (QED) is 0.717. The van der Waals surface area contributed by atoms with Crippen LogP contribution in [-0.2, 0) is 0 Å². The summed E-state index contributed by atoms with van der Waals surface area (Å²) in [5, 5.41) is 9.13. The summed E-state index contributed by atoms with van der Waals surface area (Å²) in [7, 11) is 3.96. The molecule has 1 rings (SSSR count). The van der Waals surface area contributed by atoms with Crippen molar-refractivity contribution in [2.75, 3.05) is 20.6 Å². The first-order valence-electron chi connectivity index (χ1n) is 4.54. The van der Waals surface area contributed by atoms with E-state index < -0.39 is 0 Å². The van der Waals surface area contributed by atoms with Crippen LogP contribution in [0.4, 0.5) is 0 Å². The number of nitrogens with one attached hydrogen (secondary N) is 2. The van der Waals surface area contributed by atoms with Crippen LogP contribution in [0.25, 0.3) is 0 Å². The number of nitrogens with zero attached hydrogens (tertiary/aromatic N) is 2. The number of hydrogen-bond acceptors (Lipinski definition) is 3. The second kappa shape index (κ2) is 4.76. The van der Waals surface area contributed by atoms with Gasteiger partial charge in [-0.25, -0.2) is 0 Å². The number of carbonyl (C=O) groups is 1. The minimum atomic E-state index is -0.0903. The Hall–Kier alpha value is -1.36. The molecule has 0 saturated carbocycles. The molecule has 1 heterocycles. The highest BCUT2D eigenvalue weighted by atomic mass is 16.1. The molecule has 1 aromatic rings. The van der Waals surface area contributed by atoms with Gasteiger partial charge in [0.1, 0.15) is 0 Å². The van der Waals surface area contributed by atoms with E-state index in [9.17, 15) is 4.79 Å². The van der Waals surface area contributed by atoms with Crippen LogP contribution < -0.4 is 5.32 Å². The van der Waals surface area contributed by atoms with Crippen LogP contribution in [0.1, 0.15) is 17.3 Å². The molecule has 1 amide bonds. The zero-order valence-electron chi connectivity index (χ0n) is 8.74. The molecule has 5 nitrogen and oxygen atoms in total. The Morgan fingerprint density at radius 2 is 2.43 bits per heavy atom. The van der Waals surface area contributed by atoms with Gasteiger partial charge in [0.2, 0.25) is 0 Å². The van der Waals surface area contributed by atoms with Crippen LogP contribution in [0, 0.1) is 0 Å². The summed E-state index contributed by atoms with van der Waals surface area (Å²) in [5.74, 6) is -0.0903. The highest BCUT2D eigenvalue weighted by Gasteiger charge is 2.09. The first-order chi connectivity index (χ1) is 6.61. The fraction of sp³-hybridized carbons (Fsp3) is 0.556. The fourth-order valence-corrected chi connectivity index (χ4v) is 0.900. The number of amides is 1. The lowest BCUT2D eigenvalue weighted by molar-refractivity contribution is 0.0944. The van der Waals surface area contributed by atoms with E-state index in [0.29, 0.717) is 18.2 Å². The van der Waals surface area contributed by atoms with Gasteiger partial charge in [-0.05, 0) is 21.0 Å². The summed E-state index contributed by atoms with van der Waals surface area (Å²) in [5.41, 5.74) is 0.566. The van der Waals surface area contributed by atoms with Crippen molar-refractivity contribution in [1.29, 1.82) is 0 Å². The molecule has 5 heteroatoms. The van der Waals surface area contributed by atoms with Gasteiger partial charge >= 0.3 is 0 Å². The number of carbonyl (C=O) groups excluding carboxylic acids is 1. The van der Waals surface area contributed by atoms with E-state index in [4.69, 9.17) is 0 Å². The normalized spacial score (nSPS) is 12.9. The second-order valence-corrected chi connectivity index (χ2v) is 3.51. The Morgan fingerprint density at radius 3 is 2.93 bits per heavy atom. The van der Waals surface area contributed by atoms with E-state index in [1.54, 1.807) is 6.20 Å². The van der Waals surface area contributed by atoms with Crippen molar-refractivity contribution in [3.63, 3.8) is 0 Å². The number of aromatic nitrogens is 2. The number of likely N-dealkylation sites (N-methyl/N-ethyl adjacent to an activating group) is 1. The molecule has 0 radical (unpaired) electrons. The lowest BCUT2D eigenvalue weighted by Gasteiger charge is -2.19. The molecule has 1 unspecified atom stereocenters. The van der Waals surface area contributed by atoms with Crippen LogP contribution >= 0.6 is 0 Å². The van der Waals surface area contributed by atoms with Crippen molar-refractivity contribution in [2.45, 2.75) is 13.0 Å². The molecule has 1 aromatic heterocycles. The van der Waals surface area contributed by atoms with Crippen LogP contribution in [0.5, 0.6) is 0 Å². The molecule has 0 fully saturated rings. The van der Waals surface area contributed by atoms with Gasteiger partial charge in [-0.2, -0.15) is 5.10 Å². The van der Waals surface area contributed by atoms with Gasteiger partial charge in [-0.1, -0.05) is 0 Å². The highest BCUT2D eigenvalue weighted by Crippen LogP contribution is 1.94. The number of aromatic amines is 1. The molecular formula is C9H16N4O. The predicted molar refractivity (Wildman–Crippen MR) is 54.1 cm³/mol. The van der Waals surface area contributed by atoms with Crippen molar-refractivity contribution < 1.29 is 4.79 Å². The summed E-state index contributed by atoms with van der Waals surface area (Å²) >= 11 is 0. The van der Waals surface area contributed by atoms with Gasteiger partial charge in [-0.3, -0.25) is 9.89 Å². The number of rotatable bonds is 4. The number of H-pyrrole nitrogens is 1. The Morgan fingerprint density at radius 1 is 1.71 bits per heavy atom. The van der Waals surface area contributed by atoms with E-state index >= 15 is 0 Å². The van der Waals surface area contributed by atoms with Gasteiger partial charge in [0.25, 0.3) is 5.91 Å². The monoisotopic (exact) mass is 196 g/mol. The molecule has 2 N–H and O–H groups in total. The van der Waals surface area contributed by atoms with Crippen molar-refractivity contribution in [3.8, 4) is 0 Å². The van der Waals surface area contributed by atoms with Gasteiger partial charge in [0.15, 0.2) is 0 Å². The van der Waals surface area contributed by atoms with E-state index in [1.165, 1.54) is 6.20 Å². The number of hydrogen-bond donors (Lipinski definition) is 2. The van der Waals surface area contributed by atoms with Gasteiger partial charge in [0, 0.05) is 18.8 Å². The Bertz CT molecular complexity index is 281. The van der Waals surface area contributed by atoms with E-state index in [2.05, 4.69) is 27.3 Å². The van der Waals surface area contributed by atoms with Crippen molar-refractivity contribution in [3.05, 3.63) is 18.0 Å². The molecule has 0 aliphatic heterocycles. The van der Waals surface area contributed by atoms with Gasteiger partial charge in [-0.15, -0.1) is 0 Å². The molecule has 14 heavy (non-hydrogen) atoms. The molecule has 0 aliphatic rings. The third-order valence-electron chi connectivity index (χ3n) is 2.20. The van der Waals surface area contributed by atoms with Gasteiger partial charge < -0.3 is 10.2 Å². The Labute approximate surface area is 83.5 Å². The summed E-state index contributed by atoms with van der Waals surface area (Å²) in [6.07, 6.45) is 3.09. The Kier molecular flexibility index (Phi) is 3.64. The zero-order valence-corrected chi connectivity index (χ0v) is 8.74. The van der Waals surface area contributed by atoms with E-state index in [0.717, 1.165) is 0 Å². The molecule has 0 saturated heterocycles. The SMILES string of the molecule is CC(CNC(=O)c1cn[nH]c1)N(C)C. The first-order valence-corrected chi connectivity index (χ1v) is 4.54.